The summed E-state index contributed by atoms with van der Waals surface area (Å²) in [6.45, 7) is 1.07. The Hall–Kier alpha value is -2.26. The van der Waals surface area contributed by atoms with Gasteiger partial charge in [0, 0.05) is 43.2 Å². The molecular formula is C20H19F4N3OS. The molecule has 9 heteroatoms. The summed E-state index contributed by atoms with van der Waals surface area (Å²) in [4.78, 5) is 6.20. The second-order valence-corrected chi connectivity index (χ2v) is 9.00. The van der Waals surface area contributed by atoms with Crippen molar-refractivity contribution in [1.29, 1.82) is 0 Å². The first-order valence-corrected chi connectivity index (χ1v) is 10.5. The van der Waals surface area contributed by atoms with Crippen LogP contribution in [0.2, 0.25) is 0 Å². The summed E-state index contributed by atoms with van der Waals surface area (Å²) in [5.41, 5.74) is 1.93. The van der Waals surface area contributed by atoms with Crippen LogP contribution in [-0.2, 0) is 30.6 Å². The van der Waals surface area contributed by atoms with Crippen LogP contribution in [0, 0.1) is 5.82 Å². The number of rotatable bonds is 3. The number of hydrogen-bond acceptors (Lipinski definition) is 3. The second-order valence-electron chi connectivity index (χ2n) is 7.26. The minimum atomic E-state index is -4.60. The van der Waals surface area contributed by atoms with Crippen molar-refractivity contribution in [3.63, 3.8) is 0 Å². The van der Waals surface area contributed by atoms with Crippen molar-refractivity contribution in [2.75, 3.05) is 18.8 Å². The van der Waals surface area contributed by atoms with Crippen LogP contribution >= 0.6 is 0 Å². The third-order valence-corrected chi connectivity index (χ3v) is 6.80. The minimum absolute atomic E-state index is 0.169. The molecule has 2 aromatic carbocycles. The number of hydrogen-bond donors (Lipinski definition) is 0. The van der Waals surface area contributed by atoms with Gasteiger partial charge in [-0.3, -0.25) is 9.11 Å². The zero-order chi connectivity index (χ0) is 20.8. The monoisotopic (exact) mass is 425 g/mol. The zero-order valence-corrected chi connectivity index (χ0v) is 16.4. The Morgan fingerprint density at radius 3 is 2.76 bits per heavy atom. The average molecular weight is 425 g/mol. The third kappa shape index (κ3) is 4.20. The molecule has 0 aliphatic carbocycles. The van der Waals surface area contributed by atoms with Crippen molar-refractivity contribution in [3.05, 3.63) is 65.2 Å². The van der Waals surface area contributed by atoms with E-state index in [4.69, 9.17) is 0 Å². The number of aryl methyl sites for hydroxylation is 1. The second kappa shape index (κ2) is 7.53. The van der Waals surface area contributed by atoms with Gasteiger partial charge < -0.3 is 4.57 Å². The molecule has 29 heavy (non-hydrogen) atoms. The molecule has 3 aromatic rings. The van der Waals surface area contributed by atoms with Crippen LogP contribution in [0.25, 0.3) is 11.0 Å². The Balaban J connectivity index is 1.57. The van der Waals surface area contributed by atoms with Gasteiger partial charge in [-0.25, -0.2) is 9.37 Å². The molecule has 0 N–H and O–H groups in total. The standard InChI is InChI=1S/C20H19F4N3OS/c1-26-12-25-17-3-2-14(8-18(17)26)19-11-27(4-5-29(19)28)10-13-6-15(20(22,23)24)9-16(21)7-13/h2-3,6-9,12,19H,4-5,10-11H2,1H3. The Morgan fingerprint density at radius 1 is 1.21 bits per heavy atom. The van der Waals surface area contributed by atoms with Crippen molar-refractivity contribution in [2.24, 2.45) is 7.05 Å². The number of benzene rings is 2. The summed E-state index contributed by atoms with van der Waals surface area (Å²) in [6, 6.07) is 8.33. The molecule has 2 heterocycles. The highest BCUT2D eigenvalue weighted by atomic mass is 32.2. The number of fused-ring (bicyclic) bond motifs is 1. The molecule has 154 valence electrons. The molecule has 0 radical (unpaired) electrons. The molecule has 1 aliphatic heterocycles. The van der Waals surface area contributed by atoms with E-state index >= 15 is 0 Å². The molecule has 1 saturated heterocycles. The lowest BCUT2D eigenvalue weighted by atomic mass is 10.1. The molecule has 2 unspecified atom stereocenters. The van der Waals surface area contributed by atoms with E-state index in [1.165, 1.54) is 0 Å². The number of alkyl halides is 3. The maximum atomic E-state index is 13.7. The van der Waals surface area contributed by atoms with Gasteiger partial charge in [0.05, 0.1) is 28.2 Å². The van der Waals surface area contributed by atoms with E-state index < -0.39 is 28.4 Å². The van der Waals surface area contributed by atoms with Gasteiger partial charge in [0.1, 0.15) is 5.82 Å². The highest BCUT2D eigenvalue weighted by Crippen LogP contribution is 2.32. The number of halogens is 4. The topological polar surface area (TPSA) is 38.1 Å². The van der Waals surface area contributed by atoms with Gasteiger partial charge >= 0.3 is 6.18 Å². The van der Waals surface area contributed by atoms with E-state index in [-0.39, 0.29) is 17.4 Å². The molecule has 2 atom stereocenters. The Labute approximate surface area is 167 Å². The summed E-state index contributed by atoms with van der Waals surface area (Å²) in [5, 5.41) is -0.265. The van der Waals surface area contributed by atoms with Crippen molar-refractivity contribution in [3.8, 4) is 0 Å². The van der Waals surface area contributed by atoms with Crippen LogP contribution in [0.1, 0.15) is 21.9 Å². The van der Waals surface area contributed by atoms with Gasteiger partial charge in [-0.2, -0.15) is 13.2 Å². The quantitative estimate of drug-likeness (QED) is 0.595. The van der Waals surface area contributed by atoms with E-state index in [2.05, 4.69) is 4.98 Å². The third-order valence-electron chi connectivity index (χ3n) is 5.16. The molecular weight excluding hydrogens is 406 g/mol. The highest BCUT2D eigenvalue weighted by molar-refractivity contribution is 7.85. The van der Waals surface area contributed by atoms with Gasteiger partial charge in [0.25, 0.3) is 0 Å². The SMILES string of the molecule is Cn1cnc2ccc(C3CN(Cc4cc(F)cc(C(F)(F)F)c4)CCS3=O)cc21. The van der Waals surface area contributed by atoms with Gasteiger partial charge in [0.15, 0.2) is 0 Å². The molecule has 1 aromatic heterocycles. The predicted molar refractivity (Wildman–Crippen MR) is 103 cm³/mol. The first kappa shape index (κ1) is 20.0. The lowest BCUT2D eigenvalue weighted by Crippen LogP contribution is -2.39. The fourth-order valence-corrected chi connectivity index (χ4v) is 5.23. The van der Waals surface area contributed by atoms with Crippen LogP contribution in [0.15, 0.2) is 42.7 Å². The molecule has 0 spiro atoms. The van der Waals surface area contributed by atoms with Gasteiger partial charge in [-0.1, -0.05) is 6.07 Å². The van der Waals surface area contributed by atoms with Crippen molar-refractivity contribution >= 4 is 21.8 Å². The normalized spacial score (nSPS) is 21.0. The largest absolute Gasteiger partial charge is 0.416 e. The summed E-state index contributed by atoms with van der Waals surface area (Å²) >= 11 is 0. The number of imidazole rings is 1. The Morgan fingerprint density at radius 2 is 2.00 bits per heavy atom. The molecule has 0 saturated carbocycles. The van der Waals surface area contributed by atoms with Crippen molar-refractivity contribution in [2.45, 2.75) is 18.0 Å². The summed E-state index contributed by atoms with van der Waals surface area (Å²) < 4.78 is 67.1. The molecule has 4 rings (SSSR count). The van der Waals surface area contributed by atoms with Gasteiger partial charge in [-0.05, 0) is 41.5 Å². The molecule has 1 aliphatic rings. The first-order valence-electron chi connectivity index (χ1n) is 9.08. The van der Waals surface area contributed by atoms with E-state index in [1.54, 1.807) is 6.33 Å². The van der Waals surface area contributed by atoms with Crippen molar-refractivity contribution in [1.82, 2.24) is 14.5 Å². The first-order chi connectivity index (χ1) is 13.7. The fraction of sp³-hybridized carbons (Fsp3) is 0.350. The number of aromatic nitrogens is 2. The van der Waals surface area contributed by atoms with E-state index in [1.807, 2.05) is 34.7 Å². The average Bonchev–Trinajstić information content (AvgIpc) is 3.02. The van der Waals surface area contributed by atoms with E-state index in [0.29, 0.717) is 24.9 Å². The number of nitrogens with zero attached hydrogens (tertiary/aromatic N) is 3. The van der Waals surface area contributed by atoms with Crippen LogP contribution in [0.3, 0.4) is 0 Å². The molecule has 0 bridgehead atoms. The minimum Gasteiger partial charge on any atom is -0.334 e. The molecule has 0 amide bonds. The Bertz CT molecular complexity index is 1080. The zero-order valence-electron chi connectivity index (χ0n) is 15.6. The van der Waals surface area contributed by atoms with Crippen LogP contribution in [0.4, 0.5) is 17.6 Å². The van der Waals surface area contributed by atoms with Crippen molar-refractivity contribution < 1.29 is 21.8 Å². The molecule has 1 fully saturated rings. The van der Waals surface area contributed by atoms with E-state index in [9.17, 15) is 21.8 Å². The maximum absolute atomic E-state index is 13.7. The summed E-state index contributed by atoms with van der Waals surface area (Å²) in [5.74, 6) is -0.496. The van der Waals surface area contributed by atoms with Crippen LogP contribution < -0.4 is 0 Å². The Kier molecular flexibility index (Phi) is 5.20. The van der Waals surface area contributed by atoms with Crippen LogP contribution in [-0.4, -0.2) is 37.5 Å². The van der Waals surface area contributed by atoms with Gasteiger partial charge in [0.2, 0.25) is 0 Å². The lowest BCUT2D eigenvalue weighted by Gasteiger charge is -2.32. The highest BCUT2D eigenvalue weighted by Gasteiger charge is 2.32. The van der Waals surface area contributed by atoms with Gasteiger partial charge in [-0.15, -0.1) is 0 Å². The van der Waals surface area contributed by atoms with Crippen LogP contribution in [0.5, 0.6) is 0 Å². The predicted octanol–water partition coefficient (Wildman–Crippen LogP) is 4.04. The smallest absolute Gasteiger partial charge is 0.334 e. The maximum Gasteiger partial charge on any atom is 0.416 e. The fourth-order valence-electron chi connectivity index (χ4n) is 3.68. The lowest BCUT2D eigenvalue weighted by molar-refractivity contribution is -0.137. The molecule has 4 nitrogen and oxygen atoms in total. The summed E-state index contributed by atoms with van der Waals surface area (Å²) in [7, 11) is 0.787. The summed E-state index contributed by atoms with van der Waals surface area (Å²) in [6.07, 6.45) is -2.89. The van der Waals surface area contributed by atoms with E-state index in [0.717, 1.165) is 28.7 Å².